The fourth-order valence-corrected chi connectivity index (χ4v) is 1.75. The second kappa shape index (κ2) is 5.64. The Labute approximate surface area is 98.8 Å². The zero-order valence-corrected chi connectivity index (χ0v) is 10.6. The number of benzene rings is 1. The first kappa shape index (κ1) is 12.7. The maximum absolute atomic E-state index is 11.5. The average molecular weight is 216 g/mol. The topological polar surface area (TPSA) is 23.1 Å². The predicted molar refractivity (Wildman–Crippen MR) is 66.6 cm³/mol. The lowest BCUT2D eigenvalue weighted by Gasteiger charge is -2.32. The number of hydrogen-bond acceptors (Lipinski definition) is 1. The monoisotopic (exact) mass is 216 g/mol. The van der Waals surface area contributed by atoms with Gasteiger partial charge in [-0.1, -0.05) is 46.1 Å². The van der Waals surface area contributed by atoms with E-state index in [2.05, 4.69) is 26.0 Å². The van der Waals surface area contributed by atoms with Crippen molar-refractivity contribution in [2.75, 3.05) is 0 Å². The van der Waals surface area contributed by atoms with Crippen LogP contribution >= 0.6 is 0 Å². The molecule has 1 rings (SSSR count). The van der Waals surface area contributed by atoms with Crippen LogP contribution in [-0.4, -0.2) is 0 Å². The van der Waals surface area contributed by atoms with Crippen LogP contribution in [-0.2, 0) is 0 Å². The molecule has 1 aromatic rings. The van der Waals surface area contributed by atoms with Crippen LogP contribution in [0.2, 0.25) is 0 Å². The summed E-state index contributed by atoms with van der Waals surface area (Å²) in [5, 5.41) is 11.5. The Kier molecular flexibility index (Phi) is 4.48. The smallest absolute Gasteiger partial charge is 0.0511 e. The molecule has 0 aliphatic carbocycles. The van der Waals surface area contributed by atoms with Gasteiger partial charge in [0.15, 0.2) is 0 Å². The molecule has 0 amide bonds. The van der Waals surface area contributed by atoms with Crippen LogP contribution in [0.25, 0.3) is 0 Å². The van der Waals surface area contributed by atoms with Gasteiger partial charge in [-0.05, 0) is 0 Å². The molecule has 0 unspecified atom stereocenters. The van der Waals surface area contributed by atoms with E-state index in [9.17, 15) is 5.11 Å². The molecule has 0 atom stereocenters. The van der Waals surface area contributed by atoms with Crippen molar-refractivity contribution in [3.8, 4) is 0 Å². The predicted octanol–water partition coefficient (Wildman–Crippen LogP) is 3.31. The lowest BCUT2D eigenvalue weighted by molar-refractivity contribution is -0.303. The lowest BCUT2D eigenvalue weighted by atomic mass is 9.84. The molecule has 1 aromatic carbocycles. The summed E-state index contributed by atoms with van der Waals surface area (Å²) in [5.41, 5.74) is 2.06. The molecule has 0 aliphatic heterocycles. The quantitative estimate of drug-likeness (QED) is 0.559. The minimum absolute atomic E-state index is 0.166. The highest BCUT2D eigenvalue weighted by molar-refractivity contribution is 5.42. The molecule has 0 saturated carbocycles. The first-order valence-corrected chi connectivity index (χ1v) is 5.78. The third-order valence-corrected chi connectivity index (χ3v) is 2.72. The Hall–Kier alpha value is -1.37. The Morgan fingerprint density at radius 3 is 2.19 bits per heavy atom. The highest BCUT2D eigenvalue weighted by atomic mass is 16.3. The van der Waals surface area contributed by atoms with Crippen molar-refractivity contribution >= 4 is 0 Å². The Morgan fingerprint density at radius 2 is 1.75 bits per heavy atom. The van der Waals surface area contributed by atoms with Crippen molar-refractivity contribution in [3.63, 3.8) is 0 Å². The maximum Gasteiger partial charge on any atom is -0.0511 e. The molecule has 1 nitrogen and oxygen atoms in total. The molecule has 0 aromatic heterocycles. The van der Waals surface area contributed by atoms with E-state index in [1.807, 2.05) is 25.1 Å². The average Bonchev–Trinajstić information content (AvgIpc) is 2.26. The van der Waals surface area contributed by atoms with Crippen LogP contribution in [0.5, 0.6) is 0 Å². The van der Waals surface area contributed by atoms with E-state index >= 15 is 0 Å². The van der Waals surface area contributed by atoms with Gasteiger partial charge in [-0.15, -0.1) is 41.3 Å². The van der Waals surface area contributed by atoms with Crippen LogP contribution in [0.3, 0.4) is 0 Å². The maximum atomic E-state index is 11.5. The number of allylic oxidation sites excluding steroid dienone is 2. The summed E-state index contributed by atoms with van der Waals surface area (Å²) < 4.78 is 0. The van der Waals surface area contributed by atoms with Gasteiger partial charge in [-0.25, -0.2) is 5.76 Å². The van der Waals surface area contributed by atoms with Gasteiger partial charge in [0.1, 0.15) is 0 Å². The van der Waals surface area contributed by atoms with Crippen molar-refractivity contribution in [1.82, 2.24) is 0 Å². The van der Waals surface area contributed by atoms with Gasteiger partial charge >= 0.3 is 0 Å². The number of rotatable bonds is 4. The van der Waals surface area contributed by atoms with Crippen molar-refractivity contribution in [2.24, 2.45) is 5.92 Å². The van der Waals surface area contributed by atoms with Gasteiger partial charge in [0, 0.05) is 0 Å². The fourth-order valence-electron chi connectivity index (χ4n) is 1.75. The third kappa shape index (κ3) is 3.34. The SMILES string of the molecule is CC([O-])=C(C)[C-](CC(C)C)c1ccccc1. The molecule has 16 heavy (non-hydrogen) atoms. The van der Waals surface area contributed by atoms with E-state index in [1.54, 1.807) is 6.92 Å². The molecule has 0 bridgehead atoms. The molecule has 0 N–H and O–H groups in total. The van der Waals surface area contributed by atoms with Crippen LogP contribution in [0.4, 0.5) is 0 Å². The standard InChI is InChI=1S/C15H21O/c1-11(2)10-15(12(3)13(4)16)14-8-6-5-7-9-14/h5-9,11,16H,10H2,1-4H3/q-1/p-1. The third-order valence-electron chi connectivity index (χ3n) is 2.72. The molecule has 1 heteroatoms. The van der Waals surface area contributed by atoms with Gasteiger partial charge in [0.2, 0.25) is 0 Å². The Balaban J connectivity index is 3.02. The van der Waals surface area contributed by atoms with Crippen molar-refractivity contribution in [2.45, 2.75) is 34.1 Å². The van der Waals surface area contributed by atoms with Gasteiger partial charge in [0.05, 0.1) is 0 Å². The molecule has 0 radical (unpaired) electrons. The highest BCUT2D eigenvalue weighted by Gasteiger charge is 2.07. The molecule has 0 saturated heterocycles. The van der Waals surface area contributed by atoms with Crippen molar-refractivity contribution in [3.05, 3.63) is 53.1 Å². The second-order valence-corrected chi connectivity index (χ2v) is 4.62. The van der Waals surface area contributed by atoms with E-state index in [0.29, 0.717) is 5.92 Å². The molecule has 0 spiro atoms. The summed E-state index contributed by atoms with van der Waals surface area (Å²) in [5.74, 6) is 1.91. The highest BCUT2D eigenvalue weighted by Crippen LogP contribution is 2.30. The minimum atomic E-state index is 0.166. The van der Waals surface area contributed by atoms with E-state index in [-0.39, 0.29) is 5.76 Å². The second-order valence-electron chi connectivity index (χ2n) is 4.62. The fraction of sp³-hybridized carbons (Fsp3) is 0.400. The molecule has 0 fully saturated rings. The van der Waals surface area contributed by atoms with Gasteiger partial charge < -0.3 is 5.11 Å². The zero-order valence-electron chi connectivity index (χ0n) is 10.6. The molecular weight excluding hydrogens is 196 g/mol. The summed E-state index contributed by atoms with van der Waals surface area (Å²) in [6.07, 6.45) is 0.954. The first-order chi connectivity index (χ1) is 7.52. The van der Waals surface area contributed by atoms with E-state index in [0.717, 1.165) is 12.0 Å². The Morgan fingerprint density at radius 1 is 1.19 bits per heavy atom. The normalized spacial score (nSPS) is 12.6. The van der Waals surface area contributed by atoms with Crippen molar-refractivity contribution in [1.29, 1.82) is 0 Å². The van der Waals surface area contributed by atoms with E-state index in [1.165, 1.54) is 11.5 Å². The van der Waals surface area contributed by atoms with Crippen LogP contribution in [0, 0.1) is 11.8 Å². The summed E-state index contributed by atoms with van der Waals surface area (Å²) >= 11 is 0. The first-order valence-electron chi connectivity index (χ1n) is 5.78. The van der Waals surface area contributed by atoms with Gasteiger partial charge in [0.25, 0.3) is 0 Å². The van der Waals surface area contributed by atoms with Crippen LogP contribution < -0.4 is 5.11 Å². The van der Waals surface area contributed by atoms with Crippen LogP contribution in [0.1, 0.15) is 39.7 Å². The summed E-state index contributed by atoms with van der Waals surface area (Å²) in [6, 6.07) is 10.2. The number of hydrogen-bond donors (Lipinski definition) is 0. The van der Waals surface area contributed by atoms with Crippen LogP contribution in [0.15, 0.2) is 41.7 Å². The minimum Gasteiger partial charge on any atom is -0.917 e. The molecule has 88 valence electrons. The largest absolute Gasteiger partial charge is 0.917 e. The summed E-state index contributed by atoms with van der Waals surface area (Å²) in [4.78, 5) is 0. The molecule has 0 heterocycles. The summed E-state index contributed by atoms with van der Waals surface area (Å²) in [6.45, 7) is 7.92. The zero-order chi connectivity index (χ0) is 12.1. The molecule has 0 aliphatic rings. The van der Waals surface area contributed by atoms with Gasteiger partial charge in [-0.3, -0.25) is 0 Å². The van der Waals surface area contributed by atoms with Gasteiger partial charge in [-0.2, -0.15) is 0 Å². The lowest BCUT2D eigenvalue weighted by Crippen LogP contribution is -2.12. The summed E-state index contributed by atoms with van der Waals surface area (Å²) in [7, 11) is 0. The van der Waals surface area contributed by atoms with E-state index in [4.69, 9.17) is 0 Å². The van der Waals surface area contributed by atoms with Crippen molar-refractivity contribution < 1.29 is 5.11 Å². The Bertz CT molecular complexity index is 345. The van der Waals surface area contributed by atoms with E-state index < -0.39 is 0 Å². The molecular formula is C15H20O-2.